The van der Waals surface area contributed by atoms with E-state index in [2.05, 4.69) is 10.6 Å². The highest BCUT2D eigenvalue weighted by atomic mass is 16.5. The van der Waals surface area contributed by atoms with Crippen LogP contribution in [0.25, 0.3) is 0 Å². The molecule has 9 nitrogen and oxygen atoms in total. The fourth-order valence-corrected chi connectivity index (χ4v) is 6.11. The Morgan fingerprint density at radius 1 is 0.906 bits per heavy atom. The van der Waals surface area contributed by atoms with E-state index in [9.17, 15) is 14.4 Å². The highest BCUT2D eigenvalue weighted by molar-refractivity contribution is 5.97. The van der Waals surface area contributed by atoms with E-state index in [1.807, 2.05) is 0 Å². The van der Waals surface area contributed by atoms with E-state index < -0.39 is 24.5 Å². The maximum absolute atomic E-state index is 12.5. The normalized spacial score (nSPS) is 27.4. The number of urea groups is 1. The number of carbonyl (C=O) groups excluding carboxylic acids is 3. The van der Waals surface area contributed by atoms with Crippen LogP contribution in [0.1, 0.15) is 48.9 Å². The van der Waals surface area contributed by atoms with Crippen molar-refractivity contribution >= 4 is 17.9 Å². The third-order valence-electron chi connectivity index (χ3n) is 6.90. The number of esters is 1. The van der Waals surface area contributed by atoms with Crippen molar-refractivity contribution in [2.75, 3.05) is 27.9 Å². The van der Waals surface area contributed by atoms with Gasteiger partial charge in [0, 0.05) is 5.54 Å². The highest BCUT2D eigenvalue weighted by Crippen LogP contribution is 2.55. The second kappa shape index (κ2) is 8.88. The number of nitrogens with one attached hydrogen (secondary N) is 2. The summed E-state index contributed by atoms with van der Waals surface area (Å²) in [5, 5.41) is 5.35. The Balaban J connectivity index is 1.30. The summed E-state index contributed by atoms with van der Waals surface area (Å²) < 4.78 is 20.7. The molecule has 0 aromatic heterocycles. The molecule has 0 unspecified atom stereocenters. The van der Waals surface area contributed by atoms with Crippen molar-refractivity contribution in [1.29, 1.82) is 0 Å². The number of hydrogen-bond donors (Lipinski definition) is 2. The summed E-state index contributed by atoms with van der Waals surface area (Å²) in [5.41, 5.74) is -0.0725. The number of rotatable bonds is 7. The Bertz CT molecular complexity index is 853. The zero-order valence-corrected chi connectivity index (χ0v) is 18.7. The number of imide groups is 1. The predicted molar refractivity (Wildman–Crippen MR) is 114 cm³/mol. The fourth-order valence-electron chi connectivity index (χ4n) is 6.11. The van der Waals surface area contributed by atoms with Crippen LogP contribution >= 0.6 is 0 Å². The number of benzene rings is 1. The SMILES string of the molecule is COc1cc(C(=O)OCC(=O)NC(=O)NC23CC4CC(CC(C4)C2)C3)cc(OC)c1OC. The maximum atomic E-state index is 12.5. The summed E-state index contributed by atoms with van der Waals surface area (Å²) in [6.07, 6.45) is 6.74. The number of carbonyl (C=O) groups is 3. The van der Waals surface area contributed by atoms with Gasteiger partial charge in [-0.25, -0.2) is 9.59 Å². The summed E-state index contributed by atoms with van der Waals surface area (Å²) in [5.74, 6) is 1.51. The molecular formula is C23H30N2O7. The first-order valence-corrected chi connectivity index (χ1v) is 10.9. The molecule has 32 heavy (non-hydrogen) atoms. The number of ether oxygens (including phenoxy) is 4. The molecule has 3 amide bonds. The molecule has 4 aliphatic rings. The quantitative estimate of drug-likeness (QED) is 0.619. The molecule has 0 radical (unpaired) electrons. The molecule has 9 heteroatoms. The summed E-state index contributed by atoms with van der Waals surface area (Å²) in [7, 11) is 4.32. The van der Waals surface area contributed by atoms with Crippen molar-refractivity contribution in [3.63, 3.8) is 0 Å². The van der Waals surface area contributed by atoms with Crippen molar-refractivity contribution < 1.29 is 33.3 Å². The van der Waals surface area contributed by atoms with Gasteiger partial charge in [0.15, 0.2) is 18.1 Å². The molecular weight excluding hydrogens is 416 g/mol. The van der Waals surface area contributed by atoms with Crippen LogP contribution in [0.5, 0.6) is 17.2 Å². The Morgan fingerprint density at radius 3 is 1.91 bits per heavy atom. The van der Waals surface area contributed by atoms with Gasteiger partial charge in [0.1, 0.15) is 0 Å². The molecule has 0 spiro atoms. The Morgan fingerprint density at radius 2 is 1.44 bits per heavy atom. The fraction of sp³-hybridized carbons (Fsp3) is 0.609. The van der Waals surface area contributed by atoms with Gasteiger partial charge in [-0.1, -0.05) is 0 Å². The molecule has 2 N–H and O–H groups in total. The van der Waals surface area contributed by atoms with Crippen LogP contribution in [0.3, 0.4) is 0 Å². The lowest BCUT2D eigenvalue weighted by atomic mass is 9.53. The second-order valence-corrected chi connectivity index (χ2v) is 9.19. The molecule has 1 aromatic carbocycles. The molecule has 4 bridgehead atoms. The molecule has 0 aliphatic heterocycles. The molecule has 0 saturated heterocycles. The third-order valence-corrected chi connectivity index (χ3v) is 6.90. The third kappa shape index (κ3) is 4.47. The van der Waals surface area contributed by atoms with Crippen molar-refractivity contribution in [3.05, 3.63) is 17.7 Å². The molecule has 174 valence electrons. The van der Waals surface area contributed by atoms with Gasteiger partial charge in [0.05, 0.1) is 26.9 Å². The van der Waals surface area contributed by atoms with Gasteiger partial charge in [0.2, 0.25) is 5.75 Å². The molecule has 4 saturated carbocycles. The minimum absolute atomic E-state index is 0.130. The lowest BCUT2D eigenvalue weighted by Crippen LogP contribution is -2.62. The first-order valence-electron chi connectivity index (χ1n) is 10.9. The average Bonchev–Trinajstić information content (AvgIpc) is 2.74. The van der Waals surface area contributed by atoms with Crippen LogP contribution in [0.4, 0.5) is 4.79 Å². The standard InChI is InChI=1S/C23H30N2O7/c1-29-17-7-16(8-18(30-2)20(17)31-3)21(27)32-12-19(26)24-22(28)25-23-9-13-4-14(10-23)6-15(5-13)11-23/h7-8,13-15H,4-6,9-12H2,1-3H3,(H2,24,25,26,28). The van der Waals surface area contributed by atoms with Crippen LogP contribution < -0.4 is 24.8 Å². The number of hydrogen-bond acceptors (Lipinski definition) is 7. The summed E-state index contributed by atoms with van der Waals surface area (Å²) in [6, 6.07) is 2.34. The van der Waals surface area contributed by atoms with Gasteiger partial charge in [-0.3, -0.25) is 10.1 Å². The van der Waals surface area contributed by atoms with Crippen molar-refractivity contribution in [2.24, 2.45) is 17.8 Å². The van der Waals surface area contributed by atoms with Crippen LogP contribution in [0.15, 0.2) is 12.1 Å². The van der Waals surface area contributed by atoms with E-state index in [1.165, 1.54) is 52.7 Å². The van der Waals surface area contributed by atoms with Crippen LogP contribution in [-0.2, 0) is 9.53 Å². The largest absolute Gasteiger partial charge is 0.493 e. The Hall–Kier alpha value is -2.97. The van der Waals surface area contributed by atoms with Gasteiger partial charge in [-0.15, -0.1) is 0 Å². The summed E-state index contributed by atoms with van der Waals surface area (Å²) >= 11 is 0. The topological polar surface area (TPSA) is 112 Å². The summed E-state index contributed by atoms with van der Waals surface area (Å²) in [4.78, 5) is 37.1. The van der Waals surface area contributed by atoms with Gasteiger partial charge >= 0.3 is 12.0 Å². The van der Waals surface area contributed by atoms with E-state index in [0.29, 0.717) is 35.0 Å². The predicted octanol–water partition coefficient (Wildman–Crippen LogP) is 2.66. The Kier molecular flexibility index (Phi) is 6.17. The molecule has 4 aliphatic carbocycles. The average molecular weight is 447 g/mol. The van der Waals surface area contributed by atoms with Gasteiger partial charge in [-0.2, -0.15) is 0 Å². The minimum Gasteiger partial charge on any atom is -0.493 e. The molecule has 0 heterocycles. The Labute approximate surface area is 187 Å². The summed E-state index contributed by atoms with van der Waals surface area (Å²) in [6.45, 7) is -0.580. The van der Waals surface area contributed by atoms with Crippen LogP contribution in [0.2, 0.25) is 0 Å². The van der Waals surface area contributed by atoms with E-state index in [4.69, 9.17) is 18.9 Å². The van der Waals surface area contributed by atoms with E-state index in [-0.39, 0.29) is 11.1 Å². The molecule has 4 fully saturated rings. The first-order chi connectivity index (χ1) is 15.3. The molecule has 5 rings (SSSR count). The van der Waals surface area contributed by atoms with Crippen molar-refractivity contribution in [2.45, 2.75) is 44.1 Å². The van der Waals surface area contributed by atoms with Gasteiger partial charge in [0.25, 0.3) is 5.91 Å². The number of amides is 3. The van der Waals surface area contributed by atoms with E-state index in [1.54, 1.807) is 0 Å². The molecule has 1 aromatic rings. The molecule has 0 atom stereocenters. The lowest BCUT2D eigenvalue weighted by Gasteiger charge is -2.56. The monoisotopic (exact) mass is 446 g/mol. The minimum atomic E-state index is -0.749. The first kappa shape index (κ1) is 22.2. The second-order valence-electron chi connectivity index (χ2n) is 9.19. The van der Waals surface area contributed by atoms with E-state index in [0.717, 1.165) is 19.3 Å². The van der Waals surface area contributed by atoms with Gasteiger partial charge < -0.3 is 24.3 Å². The maximum Gasteiger partial charge on any atom is 0.338 e. The van der Waals surface area contributed by atoms with Crippen molar-refractivity contribution in [3.8, 4) is 17.2 Å². The van der Waals surface area contributed by atoms with Crippen LogP contribution in [0, 0.1) is 17.8 Å². The smallest absolute Gasteiger partial charge is 0.338 e. The van der Waals surface area contributed by atoms with E-state index >= 15 is 0 Å². The van der Waals surface area contributed by atoms with Crippen LogP contribution in [-0.4, -0.2) is 51.4 Å². The zero-order valence-electron chi connectivity index (χ0n) is 18.7. The number of methoxy groups -OCH3 is 3. The lowest BCUT2D eigenvalue weighted by molar-refractivity contribution is -0.123. The van der Waals surface area contributed by atoms with Crippen molar-refractivity contribution in [1.82, 2.24) is 10.6 Å². The zero-order chi connectivity index (χ0) is 22.9. The van der Waals surface area contributed by atoms with Gasteiger partial charge in [-0.05, 0) is 68.4 Å². The highest BCUT2D eigenvalue weighted by Gasteiger charge is 2.51.